The van der Waals surface area contributed by atoms with Crippen LogP contribution >= 0.6 is 11.8 Å². The van der Waals surface area contributed by atoms with Crippen LogP contribution in [0.1, 0.15) is 11.1 Å². The predicted octanol–water partition coefficient (Wildman–Crippen LogP) is 5.93. The summed E-state index contributed by atoms with van der Waals surface area (Å²) in [5.41, 5.74) is 3.31. The number of hydrogen-bond acceptors (Lipinski definition) is 7. The topological polar surface area (TPSA) is 88.2 Å². The summed E-state index contributed by atoms with van der Waals surface area (Å²) < 4.78 is 11.5. The molecule has 2 saturated heterocycles. The average molecular weight is 580 g/mol. The molecule has 4 aromatic rings. The molecule has 6 rings (SSSR count). The smallest absolute Gasteiger partial charge is 0.294 e. The van der Waals surface area contributed by atoms with Crippen LogP contribution in [0.25, 0.3) is 16.8 Å². The maximum atomic E-state index is 13.1. The van der Waals surface area contributed by atoms with E-state index >= 15 is 0 Å². The summed E-state index contributed by atoms with van der Waals surface area (Å²) in [5, 5.41) is 4.68. The van der Waals surface area contributed by atoms with Crippen LogP contribution in [0.5, 0.6) is 5.75 Å². The number of ether oxygens (including phenoxy) is 2. The van der Waals surface area contributed by atoms with Crippen LogP contribution in [0.3, 0.4) is 0 Å². The maximum Gasteiger partial charge on any atom is 0.294 e. The van der Waals surface area contributed by atoms with Gasteiger partial charge < -0.3 is 19.7 Å². The maximum absolute atomic E-state index is 13.1. The Morgan fingerprint density at radius 2 is 1.69 bits per heavy atom. The van der Waals surface area contributed by atoms with Gasteiger partial charge in [-0.25, -0.2) is 0 Å². The first-order valence-electron chi connectivity index (χ1n) is 13.7. The van der Waals surface area contributed by atoms with E-state index in [1.807, 2.05) is 72.8 Å². The van der Waals surface area contributed by atoms with Gasteiger partial charge in [0, 0.05) is 13.1 Å². The first-order chi connectivity index (χ1) is 20.5. The fourth-order valence-electron chi connectivity index (χ4n) is 5.05. The molecular weight excluding hydrogens is 550 g/mol. The zero-order valence-corrected chi connectivity index (χ0v) is 23.6. The summed E-state index contributed by atoms with van der Waals surface area (Å²) in [6.07, 6.45) is 1.65. The minimum Gasteiger partial charge on any atom is -0.489 e. The van der Waals surface area contributed by atoms with E-state index in [1.165, 1.54) is 0 Å². The Hall–Kier alpha value is -4.60. The molecule has 9 heteroatoms. The zero-order chi connectivity index (χ0) is 28.9. The molecule has 0 aliphatic carbocycles. The number of carbonyl (C=O) groups excluding carboxylic acids is 3. The highest BCUT2D eigenvalue weighted by Crippen LogP contribution is 2.33. The van der Waals surface area contributed by atoms with Crippen molar-refractivity contribution in [3.63, 3.8) is 0 Å². The third-order valence-corrected chi connectivity index (χ3v) is 8.04. The van der Waals surface area contributed by atoms with Gasteiger partial charge in [0.25, 0.3) is 11.1 Å². The molecule has 2 heterocycles. The molecular formula is C33H29N3O5S. The molecule has 212 valence electrons. The van der Waals surface area contributed by atoms with Crippen LogP contribution in [0.4, 0.5) is 16.2 Å². The van der Waals surface area contributed by atoms with Crippen molar-refractivity contribution in [3.05, 3.63) is 107 Å². The van der Waals surface area contributed by atoms with Gasteiger partial charge in [-0.3, -0.25) is 19.3 Å². The number of benzene rings is 4. The second-order valence-electron chi connectivity index (χ2n) is 9.93. The molecule has 4 aromatic carbocycles. The van der Waals surface area contributed by atoms with E-state index in [0.717, 1.165) is 57.3 Å². The molecule has 2 aliphatic heterocycles. The molecule has 8 nitrogen and oxygen atoms in total. The molecule has 3 amide bonds. The summed E-state index contributed by atoms with van der Waals surface area (Å²) in [6, 6.07) is 29.1. The minimum atomic E-state index is -0.497. The van der Waals surface area contributed by atoms with Crippen molar-refractivity contribution >= 4 is 57.0 Å². The first-order valence-corrected chi connectivity index (χ1v) is 14.5. The van der Waals surface area contributed by atoms with Gasteiger partial charge in [0.15, 0.2) is 0 Å². The Balaban J connectivity index is 1.10. The van der Waals surface area contributed by atoms with E-state index in [0.29, 0.717) is 31.3 Å². The molecule has 0 radical (unpaired) electrons. The van der Waals surface area contributed by atoms with Crippen molar-refractivity contribution in [2.45, 2.75) is 6.61 Å². The van der Waals surface area contributed by atoms with Crippen molar-refractivity contribution in [2.24, 2.45) is 0 Å². The number of fused-ring (bicyclic) bond motifs is 1. The van der Waals surface area contributed by atoms with E-state index in [-0.39, 0.29) is 11.4 Å². The second kappa shape index (κ2) is 12.5. The summed E-state index contributed by atoms with van der Waals surface area (Å²) in [5.74, 6) is -0.291. The fraction of sp³-hybridized carbons (Fsp3) is 0.182. The van der Waals surface area contributed by atoms with Gasteiger partial charge in [0.1, 0.15) is 18.9 Å². The number of anilines is 2. The quantitative estimate of drug-likeness (QED) is 0.259. The Morgan fingerprint density at radius 1 is 0.929 bits per heavy atom. The monoisotopic (exact) mass is 579 g/mol. The van der Waals surface area contributed by atoms with Crippen molar-refractivity contribution in [3.8, 4) is 5.75 Å². The largest absolute Gasteiger partial charge is 0.489 e. The van der Waals surface area contributed by atoms with Gasteiger partial charge >= 0.3 is 0 Å². The van der Waals surface area contributed by atoms with E-state index in [2.05, 4.69) is 28.4 Å². The highest BCUT2D eigenvalue weighted by atomic mass is 32.2. The highest BCUT2D eigenvalue weighted by molar-refractivity contribution is 8.18. The van der Waals surface area contributed by atoms with Crippen LogP contribution in [-0.2, 0) is 20.9 Å². The Kier molecular flexibility index (Phi) is 8.21. The lowest BCUT2D eigenvalue weighted by atomic mass is 10.1. The molecule has 2 fully saturated rings. The summed E-state index contributed by atoms with van der Waals surface area (Å²) in [7, 11) is 0. The molecule has 0 aromatic heterocycles. The third-order valence-electron chi connectivity index (χ3n) is 7.14. The lowest BCUT2D eigenvalue weighted by Crippen LogP contribution is -2.38. The van der Waals surface area contributed by atoms with Crippen molar-refractivity contribution in [1.82, 2.24) is 4.90 Å². The number of rotatable bonds is 8. The fourth-order valence-corrected chi connectivity index (χ4v) is 5.89. The average Bonchev–Trinajstić information content (AvgIpc) is 3.28. The number of nitrogens with one attached hydrogen (secondary N) is 1. The van der Waals surface area contributed by atoms with Crippen molar-refractivity contribution in [1.29, 1.82) is 0 Å². The van der Waals surface area contributed by atoms with Gasteiger partial charge in [0.2, 0.25) is 5.91 Å². The van der Waals surface area contributed by atoms with Gasteiger partial charge in [-0.15, -0.1) is 0 Å². The number of hydrogen-bond donors (Lipinski definition) is 1. The summed E-state index contributed by atoms with van der Waals surface area (Å²) >= 11 is 0.824. The number of para-hydroxylation sites is 2. The number of morpholine rings is 1. The molecule has 42 heavy (non-hydrogen) atoms. The highest BCUT2D eigenvalue weighted by Gasteiger charge is 2.36. The van der Waals surface area contributed by atoms with Crippen molar-refractivity contribution in [2.75, 3.05) is 43.1 Å². The minimum absolute atomic E-state index is 0.257. The van der Waals surface area contributed by atoms with E-state index in [4.69, 9.17) is 9.47 Å². The van der Waals surface area contributed by atoms with Gasteiger partial charge in [-0.05, 0) is 64.0 Å². The van der Waals surface area contributed by atoms with Crippen LogP contribution in [-0.4, -0.2) is 54.8 Å². The van der Waals surface area contributed by atoms with Gasteiger partial charge in [-0.1, -0.05) is 66.7 Å². The molecule has 0 saturated carbocycles. The molecule has 1 N–H and O–H groups in total. The third kappa shape index (κ3) is 6.17. The summed E-state index contributed by atoms with van der Waals surface area (Å²) in [4.78, 5) is 42.1. The molecule has 0 unspecified atom stereocenters. The van der Waals surface area contributed by atoms with Crippen LogP contribution < -0.4 is 15.0 Å². The van der Waals surface area contributed by atoms with Gasteiger partial charge in [-0.2, -0.15) is 0 Å². The lowest BCUT2D eigenvalue weighted by molar-refractivity contribution is -0.127. The molecule has 2 aliphatic rings. The van der Waals surface area contributed by atoms with Crippen molar-refractivity contribution < 1.29 is 23.9 Å². The van der Waals surface area contributed by atoms with E-state index < -0.39 is 17.1 Å². The molecule has 0 spiro atoms. The molecule has 0 bridgehead atoms. The first kappa shape index (κ1) is 27.6. The number of nitrogens with zero attached hydrogens (tertiary/aromatic N) is 2. The Morgan fingerprint density at radius 3 is 2.57 bits per heavy atom. The lowest BCUT2D eigenvalue weighted by Gasteiger charge is -2.30. The van der Waals surface area contributed by atoms with Crippen LogP contribution in [0.2, 0.25) is 0 Å². The molecule has 0 atom stereocenters. The Bertz CT molecular complexity index is 1680. The van der Waals surface area contributed by atoms with E-state index in [1.54, 1.807) is 6.08 Å². The zero-order valence-electron chi connectivity index (χ0n) is 22.8. The van der Waals surface area contributed by atoms with Crippen LogP contribution in [0.15, 0.2) is 95.9 Å². The predicted molar refractivity (Wildman–Crippen MR) is 166 cm³/mol. The Labute approximate surface area is 247 Å². The number of imide groups is 1. The van der Waals surface area contributed by atoms with Crippen LogP contribution in [0, 0.1) is 0 Å². The van der Waals surface area contributed by atoms with E-state index in [9.17, 15) is 14.4 Å². The standard InChI is InChI=1S/C33H29N3O5S/c37-31(34-28-13-3-4-14-29(28)35-15-17-40-18-16-35)21-36-32(38)30(42-33(36)39)20-23-7-5-11-26(19-23)41-22-25-10-6-9-24-8-1-2-12-27(24)25/h1-14,19-20H,15-18,21-22H2,(H,34,37)/b30-20+. The number of amides is 3. The SMILES string of the molecule is O=C(CN1C(=O)S/C(=C/c2cccc(OCc3cccc4ccccc34)c2)C1=O)Nc1ccccc1N1CCOCC1. The number of thioether (sulfide) groups is 1. The second-order valence-corrected chi connectivity index (χ2v) is 10.9. The normalized spacial score (nSPS) is 16.3. The number of carbonyl (C=O) groups is 3. The van der Waals surface area contributed by atoms with Gasteiger partial charge in [0.05, 0.1) is 29.5 Å². The summed E-state index contributed by atoms with van der Waals surface area (Å²) in [6.45, 7) is 2.69.